The summed E-state index contributed by atoms with van der Waals surface area (Å²) in [5.74, 6) is 1.87. The van der Waals surface area contributed by atoms with Crippen molar-refractivity contribution < 1.29 is 14.2 Å². The van der Waals surface area contributed by atoms with Gasteiger partial charge >= 0.3 is 0 Å². The van der Waals surface area contributed by atoms with Crippen LogP contribution in [0.25, 0.3) is 0 Å². The Kier molecular flexibility index (Phi) is 6.71. The number of hydrogen-bond acceptors (Lipinski definition) is 4. The second-order valence-electron chi connectivity index (χ2n) is 6.29. The van der Waals surface area contributed by atoms with Crippen LogP contribution < -0.4 is 9.47 Å². The van der Waals surface area contributed by atoms with Crippen LogP contribution in [0.1, 0.15) is 17.5 Å². The molecule has 0 unspecified atom stereocenters. The van der Waals surface area contributed by atoms with Crippen LogP contribution in [0.4, 0.5) is 0 Å². The van der Waals surface area contributed by atoms with Crippen LogP contribution in [0, 0.1) is 0 Å². The highest BCUT2D eigenvalue weighted by Crippen LogP contribution is 2.23. The lowest BCUT2D eigenvalue weighted by molar-refractivity contribution is 0.0358. The van der Waals surface area contributed by atoms with E-state index in [0.717, 1.165) is 63.8 Å². The topological polar surface area (TPSA) is 30.9 Å². The minimum absolute atomic E-state index is 0.743. The van der Waals surface area contributed by atoms with E-state index in [0.29, 0.717) is 0 Å². The zero-order valence-corrected chi connectivity index (χ0v) is 14.9. The van der Waals surface area contributed by atoms with Crippen LogP contribution in [-0.2, 0) is 11.2 Å². The molecular weight excluding hydrogens is 314 g/mol. The van der Waals surface area contributed by atoms with E-state index in [9.17, 15) is 0 Å². The van der Waals surface area contributed by atoms with Crippen LogP contribution in [-0.4, -0.2) is 51.5 Å². The molecule has 2 aromatic carbocycles. The van der Waals surface area contributed by atoms with Crippen molar-refractivity contribution in [2.45, 2.75) is 12.8 Å². The van der Waals surface area contributed by atoms with Gasteiger partial charge in [0.25, 0.3) is 0 Å². The molecule has 1 aliphatic rings. The predicted octanol–water partition coefficient (Wildman–Crippen LogP) is 3.39. The Hall–Kier alpha value is -2.04. The largest absolute Gasteiger partial charge is 0.497 e. The van der Waals surface area contributed by atoms with Gasteiger partial charge in [0.2, 0.25) is 0 Å². The zero-order valence-electron chi connectivity index (χ0n) is 14.9. The molecule has 3 rings (SSSR count). The van der Waals surface area contributed by atoms with Crippen LogP contribution in [0.15, 0.2) is 48.5 Å². The number of benzene rings is 2. The number of ether oxygens (including phenoxy) is 3. The number of para-hydroxylation sites is 1. The lowest BCUT2D eigenvalue weighted by atomic mass is 10.0. The summed E-state index contributed by atoms with van der Waals surface area (Å²) in [4.78, 5) is 2.44. The Morgan fingerprint density at radius 2 is 1.88 bits per heavy atom. The maximum absolute atomic E-state index is 6.07. The van der Waals surface area contributed by atoms with Crippen molar-refractivity contribution in [2.24, 2.45) is 0 Å². The van der Waals surface area contributed by atoms with E-state index in [1.165, 1.54) is 11.1 Å². The second kappa shape index (κ2) is 9.44. The molecule has 0 N–H and O–H groups in total. The lowest BCUT2D eigenvalue weighted by Gasteiger charge is -2.26. The minimum Gasteiger partial charge on any atom is -0.497 e. The average molecular weight is 341 g/mol. The van der Waals surface area contributed by atoms with Gasteiger partial charge < -0.3 is 14.2 Å². The first kappa shape index (κ1) is 17.8. The van der Waals surface area contributed by atoms with Gasteiger partial charge in [-0.15, -0.1) is 0 Å². The van der Waals surface area contributed by atoms with Crippen molar-refractivity contribution in [3.05, 3.63) is 59.7 Å². The van der Waals surface area contributed by atoms with Gasteiger partial charge in [-0.1, -0.05) is 30.3 Å². The maximum Gasteiger partial charge on any atom is 0.122 e. The second-order valence-corrected chi connectivity index (χ2v) is 6.29. The monoisotopic (exact) mass is 341 g/mol. The number of morpholine rings is 1. The molecule has 2 aromatic rings. The van der Waals surface area contributed by atoms with E-state index in [1.54, 1.807) is 7.11 Å². The molecule has 25 heavy (non-hydrogen) atoms. The van der Waals surface area contributed by atoms with Gasteiger partial charge in [-0.25, -0.2) is 0 Å². The molecule has 0 atom stereocenters. The van der Waals surface area contributed by atoms with E-state index in [1.807, 2.05) is 18.2 Å². The molecule has 0 spiro atoms. The number of methoxy groups -OCH3 is 1. The standard InChI is InChI=1S/C21H27NO3/c1-23-20-8-4-6-18(17-20)16-19-7-2-3-9-21(19)25-13-5-10-22-11-14-24-15-12-22/h2-4,6-9,17H,5,10-16H2,1H3. The maximum atomic E-state index is 6.07. The van der Waals surface area contributed by atoms with Crippen LogP contribution in [0.5, 0.6) is 11.5 Å². The van der Waals surface area contributed by atoms with E-state index >= 15 is 0 Å². The van der Waals surface area contributed by atoms with E-state index in [-0.39, 0.29) is 0 Å². The van der Waals surface area contributed by atoms with Gasteiger partial charge in [-0.3, -0.25) is 4.90 Å². The molecule has 4 nitrogen and oxygen atoms in total. The molecule has 4 heteroatoms. The van der Waals surface area contributed by atoms with Gasteiger partial charge in [0.15, 0.2) is 0 Å². The van der Waals surface area contributed by atoms with Gasteiger partial charge in [-0.2, -0.15) is 0 Å². The van der Waals surface area contributed by atoms with Crippen LogP contribution >= 0.6 is 0 Å². The fourth-order valence-electron chi connectivity index (χ4n) is 3.09. The average Bonchev–Trinajstić information content (AvgIpc) is 2.67. The van der Waals surface area contributed by atoms with Crippen molar-refractivity contribution in [2.75, 3.05) is 46.6 Å². The first-order chi connectivity index (χ1) is 12.3. The third kappa shape index (κ3) is 5.48. The number of rotatable bonds is 8. The minimum atomic E-state index is 0.743. The summed E-state index contributed by atoms with van der Waals surface area (Å²) >= 11 is 0. The van der Waals surface area contributed by atoms with Gasteiger partial charge in [-0.05, 0) is 35.7 Å². The summed E-state index contributed by atoms with van der Waals surface area (Å²) in [6.07, 6.45) is 1.88. The highest BCUT2D eigenvalue weighted by Gasteiger charge is 2.10. The predicted molar refractivity (Wildman–Crippen MR) is 99.6 cm³/mol. The molecule has 0 bridgehead atoms. The molecule has 0 amide bonds. The summed E-state index contributed by atoms with van der Waals surface area (Å²) in [6, 6.07) is 16.5. The SMILES string of the molecule is COc1cccc(Cc2ccccc2OCCCN2CCOCC2)c1. The lowest BCUT2D eigenvalue weighted by Crippen LogP contribution is -2.37. The third-order valence-corrected chi connectivity index (χ3v) is 4.48. The fraction of sp³-hybridized carbons (Fsp3) is 0.429. The Morgan fingerprint density at radius 1 is 1.04 bits per heavy atom. The Bertz CT molecular complexity index is 653. The quantitative estimate of drug-likeness (QED) is 0.689. The van der Waals surface area contributed by atoms with Gasteiger partial charge in [0.05, 0.1) is 26.9 Å². The normalized spacial score (nSPS) is 15.1. The number of hydrogen-bond donors (Lipinski definition) is 0. The van der Waals surface area contributed by atoms with Crippen molar-refractivity contribution in [3.8, 4) is 11.5 Å². The summed E-state index contributed by atoms with van der Waals surface area (Å²) in [5.41, 5.74) is 2.44. The molecule has 1 heterocycles. The summed E-state index contributed by atoms with van der Waals surface area (Å²) < 4.78 is 16.8. The molecule has 1 saturated heterocycles. The third-order valence-electron chi connectivity index (χ3n) is 4.48. The van der Waals surface area contributed by atoms with E-state index < -0.39 is 0 Å². The summed E-state index contributed by atoms with van der Waals surface area (Å²) in [7, 11) is 1.70. The van der Waals surface area contributed by atoms with Crippen molar-refractivity contribution in [3.63, 3.8) is 0 Å². The van der Waals surface area contributed by atoms with E-state index in [4.69, 9.17) is 14.2 Å². The summed E-state index contributed by atoms with van der Waals surface area (Å²) in [5, 5.41) is 0. The first-order valence-corrected chi connectivity index (χ1v) is 8.99. The zero-order chi connectivity index (χ0) is 17.3. The summed E-state index contributed by atoms with van der Waals surface area (Å²) in [6.45, 7) is 5.58. The molecule has 0 radical (unpaired) electrons. The van der Waals surface area contributed by atoms with Gasteiger partial charge in [0, 0.05) is 26.1 Å². The van der Waals surface area contributed by atoms with Crippen molar-refractivity contribution in [1.82, 2.24) is 4.90 Å². The molecule has 0 saturated carbocycles. The molecule has 1 fully saturated rings. The molecule has 1 aliphatic heterocycles. The smallest absolute Gasteiger partial charge is 0.122 e. The molecule has 134 valence electrons. The Morgan fingerprint density at radius 3 is 2.72 bits per heavy atom. The van der Waals surface area contributed by atoms with Crippen molar-refractivity contribution >= 4 is 0 Å². The number of nitrogens with zero attached hydrogens (tertiary/aromatic N) is 1. The highest BCUT2D eigenvalue weighted by molar-refractivity contribution is 5.39. The molecule has 0 aromatic heterocycles. The Balaban J connectivity index is 1.53. The van der Waals surface area contributed by atoms with Crippen LogP contribution in [0.3, 0.4) is 0 Å². The fourth-order valence-corrected chi connectivity index (χ4v) is 3.09. The van der Waals surface area contributed by atoms with E-state index in [2.05, 4.69) is 35.2 Å². The molecule has 0 aliphatic carbocycles. The molecular formula is C21H27NO3. The first-order valence-electron chi connectivity index (χ1n) is 8.99. The van der Waals surface area contributed by atoms with Crippen molar-refractivity contribution in [1.29, 1.82) is 0 Å². The highest BCUT2D eigenvalue weighted by atomic mass is 16.5. The van der Waals surface area contributed by atoms with Gasteiger partial charge in [0.1, 0.15) is 11.5 Å². The Labute approximate surface area is 150 Å². The van der Waals surface area contributed by atoms with Crippen LogP contribution in [0.2, 0.25) is 0 Å².